The number of carbonyl (C=O) groups excluding carboxylic acids is 1. The normalized spacial score (nSPS) is 21.1. The summed E-state index contributed by atoms with van der Waals surface area (Å²) in [5.41, 5.74) is 1.85. The van der Waals surface area contributed by atoms with Crippen molar-refractivity contribution in [3.05, 3.63) is 105 Å². The number of hydrogen-bond donors (Lipinski definition) is 1. The van der Waals surface area contributed by atoms with Crippen LogP contribution >= 0.6 is 0 Å². The summed E-state index contributed by atoms with van der Waals surface area (Å²) in [7, 11) is 0. The molecule has 0 unspecified atom stereocenters. The lowest BCUT2D eigenvalue weighted by Crippen LogP contribution is -2.38. The number of nitrogens with zero attached hydrogens (tertiary/aromatic N) is 4. The second-order valence-corrected chi connectivity index (χ2v) is 10.3. The van der Waals surface area contributed by atoms with Crippen LogP contribution in [-0.2, 0) is 11.8 Å². The Kier molecular flexibility index (Phi) is 5.15. The summed E-state index contributed by atoms with van der Waals surface area (Å²) in [6.07, 6.45) is 4.19. The predicted octanol–water partition coefficient (Wildman–Crippen LogP) is 4.53. The van der Waals surface area contributed by atoms with Gasteiger partial charge in [0.15, 0.2) is 5.78 Å². The van der Waals surface area contributed by atoms with Crippen LogP contribution in [0.5, 0.6) is 0 Å². The molecule has 9 heteroatoms. The smallest absolute Gasteiger partial charge is 0.266 e. The molecule has 2 atom stereocenters. The first-order chi connectivity index (χ1) is 17.7. The van der Waals surface area contributed by atoms with E-state index < -0.39 is 17.0 Å². The van der Waals surface area contributed by atoms with Crippen LogP contribution in [0.4, 0.5) is 8.78 Å². The molecule has 0 amide bonds. The SMILES string of the molecule is CC1(C)[C@H]2CC[C@]1(c1cccc(C(=O)Cc3c[nH]c(=O)cn3)n1)c1nnc(-c3c(F)cccc3F)cc12. The maximum absolute atomic E-state index is 14.5. The number of rotatable bonds is 5. The molecule has 2 bridgehead atoms. The second-order valence-electron chi connectivity index (χ2n) is 10.3. The lowest BCUT2D eigenvalue weighted by atomic mass is 9.66. The van der Waals surface area contributed by atoms with E-state index in [1.807, 2.05) is 12.1 Å². The van der Waals surface area contributed by atoms with Gasteiger partial charge in [-0.3, -0.25) is 14.6 Å². The largest absolute Gasteiger partial charge is 0.326 e. The highest BCUT2D eigenvalue weighted by atomic mass is 19.1. The zero-order chi connectivity index (χ0) is 25.9. The number of fused-ring (bicyclic) bond motifs is 5. The molecule has 0 saturated heterocycles. The van der Waals surface area contributed by atoms with Gasteiger partial charge in [-0.2, -0.15) is 5.10 Å². The fraction of sp³-hybridized carbons (Fsp3) is 0.286. The van der Waals surface area contributed by atoms with Crippen molar-refractivity contribution in [1.29, 1.82) is 0 Å². The standard InChI is InChI=1S/C28H23F2N5O2/c1-27(2)17-9-10-28(27,26-16(17)12-21(34-35-26)25-18(29)5-3-6-19(25)30)23-8-4-7-20(33-23)22(36)11-15-13-32-24(37)14-31-15/h3-8,12-14,17H,9-11H2,1-2H3,(H,32,37)/t17-,28-/m0/s1. The zero-order valence-corrected chi connectivity index (χ0v) is 20.3. The first-order valence-corrected chi connectivity index (χ1v) is 12.1. The van der Waals surface area contributed by atoms with Gasteiger partial charge in [-0.25, -0.2) is 13.8 Å². The number of nitrogens with one attached hydrogen (secondary N) is 1. The summed E-state index contributed by atoms with van der Waals surface area (Å²) >= 11 is 0. The van der Waals surface area contributed by atoms with Crippen molar-refractivity contribution in [2.75, 3.05) is 0 Å². The molecule has 1 aromatic carbocycles. The lowest BCUT2D eigenvalue weighted by molar-refractivity contribution is 0.0986. The number of aromatic amines is 1. The van der Waals surface area contributed by atoms with Crippen LogP contribution < -0.4 is 5.56 Å². The summed E-state index contributed by atoms with van der Waals surface area (Å²) in [6, 6.07) is 10.9. The van der Waals surface area contributed by atoms with Crippen LogP contribution in [0, 0.1) is 17.0 Å². The van der Waals surface area contributed by atoms with Crippen molar-refractivity contribution in [1.82, 2.24) is 25.1 Å². The lowest BCUT2D eigenvalue weighted by Gasteiger charge is -2.37. The molecule has 0 spiro atoms. The van der Waals surface area contributed by atoms with Gasteiger partial charge in [0.1, 0.15) is 17.3 Å². The Balaban J connectivity index is 1.42. The third kappa shape index (κ3) is 3.37. The van der Waals surface area contributed by atoms with Gasteiger partial charge in [0.2, 0.25) is 0 Å². The Labute approximate surface area is 211 Å². The van der Waals surface area contributed by atoms with Crippen LogP contribution in [0.2, 0.25) is 0 Å². The van der Waals surface area contributed by atoms with Gasteiger partial charge in [-0.05, 0) is 60.1 Å². The first-order valence-electron chi connectivity index (χ1n) is 12.1. The molecular weight excluding hydrogens is 476 g/mol. The number of H-pyrrole nitrogens is 1. The molecule has 186 valence electrons. The molecule has 3 aromatic heterocycles. The van der Waals surface area contributed by atoms with Crippen LogP contribution in [0.25, 0.3) is 11.3 Å². The molecule has 1 fully saturated rings. The van der Waals surface area contributed by atoms with E-state index in [9.17, 15) is 18.4 Å². The van der Waals surface area contributed by atoms with E-state index in [1.165, 1.54) is 24.4 Å². The maximum atomic E-state index is 14.5. The second kappa shape index (κ2) is 8.19. The first kappa shape index (κ1) is 23.3. The summed E-state index contributed by atoms with van der Waals surface area (Å²) in [5.74, 6) is -1.49. The van der Waals surface area contributed by atoms with E-state index >= 15 is 0 Å². The average Bonchev–Trinajstić information content (AvgIpc) is 3.26. The number of ketones is 1. The third-order valence-electron chi connectivity index (χ3n) is 8.14. The summed E-state index contributed by atoms with van der Waals surface area (Å²) in [4.78, 5) is 35.7. The van der Waals surface area contributed by atoms with Gasteiger partial charge in [0, 0.05) is 6.20 Å². The highest BCUT2D eigenvalue weighted by Gasteiger charge is 2.65. The molecule has 6 rings (SSSR count). The van der Waals surface area contributed by atoms with Crippen LogP contribution in [-0.4, -0.2) is 30.9 Å². The molecule has 4 aromatic rings. The van der Waals surface area contributed by atoms with Crippen molar-refractivity contribution >= 4 is 5.78 Å². The topological polar surface area (TPSA) is 101 Å². The van der Waals surface area contributed by atoms with E-state index in [-0.39, 0.29) is 40.4 Å². The minimum absolute atomic E-state index is 0.000206. The molecule has 37 heavy (non-hydrogen) atoms. The maximum Gasteiger partial charge on any atom is 0.266 e. The van der Waals surface area contributed by atoms with Crippen molar-refractivity contribution < 1.29 is 13.6 Å². The van der Waals surface area contributed by atoms with Gasteiger partial charge in [0.05, 0.1) is 46.4 Å². The third-order valence-corrected chi connectivity index (χ3v) is 8.14. The number of halogens is 2. The molecule has 1 N–H and O–H groups in total. The fourth-order valence-corrected chi connectivity index (χ4v) is 6.31. The Morgan fingerprint density at radius 2 is 1.86 bits per heavy atom. The van der Waals surface area contributed by atoms with Crippen molar-refractivity contribution in [3.8, 4) is 11.3 Å². The Hall–Kier alpha value is -4.14. The molecule has 2 aliphatic rings. The quantitative estimate of drug-likeness (QED) is 0.405. The number of pyridine rings is 1. The number of carbonyl (C=O) groups is 1. The molecule has 0 radical (unpaired) electrons. The summed E-state index contributed by atoms with van der Waals surface area (Å²) in [6.45, 7) is 4.30. The van der Waals surface area contributed by atoms with E-state index in [4.69, 9.17) is 4.98 Å². The van der Waals surface area contributed by atoms with E-state index in [1.54, 1.807) is 12.1 Å². The Bertz CT molecular complexity index is 1590. The number of hydrogen-bond acceptors (Lipinski definition) is 6. The monoisotopic (exact) mass is 499 g/mol. The van der Waals surface area contributed by atoms with Crippen LogP contribution in [0.15, 0.2) is 59.7 Å². The average molecular weight is 500 g/mol. The van der Waals surface area contributed by atoms with Crippen molar-refractivity contribution in [3.63, 3.8) is 0 Å². The van der Waals surface area contributed by atoms with Gasteiger partial charge >= 0.3 is 0 Å². The number of Topliss-reactive ketones (excluding diaryl/α,β-unsaturated/α-hetero) is 1. The molecule has 2 aliphatic carbocycles. The molecule has 1 saturated carbocycles. The molecule has 7 nitrogen and oxygen atoms in total. The van der Waals surface area contributed by atoms with Crippen LogP contribution in [0.3, 0.4) is 0 Å². The van der Waals surface area contributed by atoms with Crippen LogP contribution in [0.1, 0.15) is 65.7 Å². The molecular formula is C28H23F2N5O2. The van der Waals surface area contributed by atoms with Gasteiger partial charge in [-0.15, -0.1) is 5.10 Å². The predicted molar refractivity (Wildman–Crippen MR) is 131 cm³/mol. The number of aromatic nitrogens is 5. The number of benzene rings is 1. The van der Waals surface area contributed by atoms with Crippen molar-refractivity contribution in [2.24, 2.45) is 5.41 Å². The van der Waals surface area contributed by atoms with Gasteiger partial charge in [-0.1, -0.05) is 26.0 Å². The molecule has 0 aliphatic heterocycles. The zero-order valence-electron chi connectivity index (χ0n) is 20.3. The van der Waals surface area contributed by atoms with Gasteiger partial charge < -0.3 is 4.98 Å². The Morgan fingerprint density at radius 1 is 1.11 bits per heavy atom. The van der Waals surface area contributed by atoms with Crippen molar-refractivity contribution in [2.45, 2.75) is 44.4 Å². The van der Waals surface area contributed by atoms with Gasteiger partial charge in [0.25, 0.3) is 5.56 Å². The van der Waals surface area contributed by atoms with E-state index in [2.05, 4.69) is 34.0 Å². The fourth-order valence-electron chi connectivity index (χ4n) is 6.31. The minimum Gasteiger partial charge on any atom is -0.326 e. The van der Waals surface area contributed by atoms with E-state index in [0.717, 1.165) is 36.0 Å². The van der Waals surface area contributed by atoms with E-state index in [0.29, 0.717) is 11.4 Å². The highest BCUT2D eigenvalue weighted by Crippen LogP contribution is 2.69. The Morgan fingerprint density at radius 3 is 2.59 bits per heavy atom. The highest BCUT2D eigenvalue weighted by molar-refractivity contribution is 5.95. The minimum atomic E-state index is -0.684. The summed E-state index contributed by atoms with van der Waals surface area (Å²) in [5, 5.41) is 8.80. The summed E-state index contributed by atoms with van der Waals surface area (Å²) < 4.78 is 29.0. The molecule has 3 heterocycles.